The predicted molar refractivity (Wildman–Crippen MR) is 133 cm³/mol. The largest absolute Gasteiger partial charge is 0.490 e. The van der Waals surface area contributed by atoms with E-state index in [4.69, 9.17) is 14.9 Å². The number of fused-ring (bicyclic) bond motifs is 1. The van der Waals surface area contributed by atoms with Crippen molar-refractivity contribution in [2.24, 2.45) is 10.1 Å². The highest BCUT2D eigenvalue weighted by Crippen LogP contribution is 2.33. The fourth-order valence-electron chi connectivity index (χ4n) is 3.14. The molecule has 0 bridgehead atoms. The Hall–Kier alpha value is -3.44. The van der Waals surface area contributed by atoms with E-state index in [0.717, 1.165) is 28.6 Å². The Morgan fingerprint density at radius 2 is 1.85 bits per heavy atom. The Balaban J connectivity index is 1.59. The first kappa shape index (κ1) is 23.7. The standard InChI is InChI=1S/C23H22N4O5S2/c1-4-31-19-12-16(9-10-18(19)32-13-15-7-5-14(2)6-8-15)11-17-20(24)27-22(25-21(17)28)33-23(26-27)34(3,29)30/h5-12,24H,4,13H2,1-3H3/b17-11-,24-20?. The van der Waals surface area contributed by atoms with Gasteiger partial charge in [-0.2, -0.15) is 10.0 Å². The molecule has 0 aromatic heterocycles. The fourth-order valence-corrected chi connectivity index (χ4v) is 4.82. The van der Waals surface area contributed by atoms with Gasteiger partial charge in [-0.25, -0.2) is 8.42 Å². The summed E-state index contributed by atoms with van der Waals surface area (Å²) in [6, 6.07) is 13.2. The number of hydrazone groups is 1. The van der Waals surface area contributed by atoms with Gasteiger partial charge in [0.1, 0.15) is 6.61 Å². The average molecular weight is 499 g/mol. The van der Waals surface area contributed by atoms with Crippen LogP contribution in [0.2, 0.25) is 0 Å². The van der Waals surface area contributed by atoms with Gasteiger partial charge in [-0.1, -0.05) is 35.9 Å². The van der Waals surface area contributed by atoms with E-state index < -0.39 is 15.7 Å². The Bertz CT molecular complexity index is 1360. The highest BCUT2D eigenvalue weighted by atomic mass is 32.3. The molecule has 1 amide bonds. The first-order valence-electron chi connectivity index (χ1n) is 10.3. The van der Waals surface area contributed by atoms with Crippen LogP contribution in [0, 0.1) is 12.3 Å². The number of nitrogens with zero attached hydrogens (tertiary/aromatic N) is 3. The molecule has 0 saturated carbocycles. The van der Waals surface area contributed by atoms with Crippen molar-refractivity contribution < 1.29 is 22.7 Å². The molecule has 2 aromatic rings. The van der Waals surface area contributed by atoms with Crippen LogP contribution < -0.4 is 9.47 Å². The van der Waals surface area contributed by atoms with Crippen LogP contribution in [0.4, 0.5) is 0 Å². The number of nitrogens with one attached hydrogen (secondary N) is 1. The zero-order valence-electron chi connectivity index (χ0n) is 18.7. The van der Waals surface area contributed by atoms with Crippen molar-refractivity contribution in [3.8, 4) is 11.5 Å². The van der Waals surface area contributed by atoms with Gasteiger partial charge in [0.25, 0.3) is 5.91 Å². The minimum Gasteiger partial charge on any atom is -0.490 e. The van der Waals surface area contributed by atoms with Gasteiger partial charge < -0.3 is 9.47 Å². The first-order valence-corrected chi connectivity index (χ1v) is 13.0. The number of hydrogen-bond acceptors (Lipinski definition) is 8. The van der Waals surface area contributed by atoms with Gasteiger partial charge in [-0.3, -0.25) is 10.2 Å². The molecule has 2 aromatic carbocycles. The lowest BCUT2D eigenvalue weighted by Gasteiger charge is -2.20. The monoisotopic (exact) mass is 498 g/mol. The number of rotatable bonds is 6. The van der Waals surface area contributed by atoms with Crippen molar-refractivity contribution in [2.45, 2.75) is 20.5 Å². The van der Waals surface area contributed by atoms with Gasteiger partial charge in [-0.15, -0.1) is 5.10 Å². The third-order valence-electron chi connectivity index (χ3n) is 4.85. The number of amides is 1. The number of sulfone groups is 1. The molecule has 9 nitrogen and oxygen atoms in total. The zero-order valence-corrected chi connectivity index (χ0v) is 20.4. The maximum atomic E-state index is 12.6. The second-order valence-corrected chi connectivity index (χ2v) is 10.7. The van der Waals surface area contributed by atoms with Crippen LogP contribution in [0.3, 0.4) is 0 Å². The summed E-state index contributed by atoms with van der Waals surface area (Å²) in [7, 11) is -3.59. The number of thioether (sulfide) groups is 1. The molecular formula is C23H22N4O5S2. The van der Waals surface area contributed by atoms with Crippen LogP contribution in [0.5, 0.6) is 11.5 Å². The van der Waals surface area contributed by atoms with Crippen LogP contribution in [-0.2, 0) is 21.2 Å². The van der Waals surface area contributed by atoms with Crippen LogP contribution in [-0.4, -0.2) is 47.6 Å². The first-order chi connectivity index (χ1) is 16.2. The highest BCUT2D eigenvalue weighted by molar-refractivity contribution is 8.42. The molecule has 2 heterocycles. The number of amidine groups is 2. The minimum absolute atomic E-state index is 0.0152. The highest BCUT2D eigenvalue weighted by Gasteiger charge is 2.38. The summed E-state index contributed by atoms with van der Waals surface area (Å²) in [5.41, 5.74) is 2.77. The third-order valence-corrected chi connectivity index (χ3v) is 7.42. The molecule has 0 aliphatic carbocycles. The van der Waals surface area contributed by atoms with Crippen LogP contribution in [0.1, 0.15) is 23.6 Å². The maximum absolute atomic E-state index is 12.6. The summed E-state index contributed by atoms with van der Waals surface area (Å²) in [5, 5.41) is 13.4. The van der Waals surface area contributed by atoms with E-state index in [1.807, 2.05) is 38.1 Å². The van der Waals surface area contributed by atoms with Crippen LogP contribution >= 0.6 is 11.8 Å². The Morgan fingerprint density at radius 1 is 1.12 bits per heavy atom. The molecule has 2 aliphatic heterocycles. The van der Waals surface area contributed by atoms with Crippen molar-refractivity contribution in [2.75, 3.05) is 12.9 Å². The molecule has 0 radical (unpaired) electrons. The van der Waals surface area contributed by atoms with Crippen molar-refractivity contribution in [1.29, 1.82) is 5.41 Å². The summed E-state index contributed by atoms with van der Waals surface area (Å²) >= 11 is 0.745. The van der Waals surface area contributed by atoms with Gasteiger partial charge >= 0.3 is 0 Å². The van der Waals surface area contributed by atoms with Gasteiger partial charge in [-0.05, 0) is 54.9 Å². The Kier molecular flexibility index (Phi) is 6.58. The van der Waals surface area contributed by atoms with Gasteiger partial charge in [0, 0.05) is 6.26 Å². The predicted octanol–water partition coefficient (Wildman–Crippen LogP) is 3.59. The topological polar surface area (TPSA) is 121 Å². The quantitative estimate of drug-likeness (QED) is 0.604. The number of aryl methyl sites for hydroxylation is 1. The summed E-state index contributed by atoms with van der Waals surface area (Å²) < 4.78 is 35.1. The average Bonchev–Trinajstić information content (AvgIpc) is 3.22. The normalized spacial score (nSPS) is 16.9. The number of carbonyl (C=O) groups is 1. The Labute approximate surface area is 201 Å². The third kappa shape index (κ3) is 5.05. The molecule has 176 valence electrons. The summed E-state index contributed by atoms with van der Waals surface area (Å²) in [6.45, 7) is 4.66. The van der Waals surface area contributed by atoms with E-state index in [1.54, 1.807) is 18.2 Å². The van der Waals surface area contributed by atoms with Crippen molar-refractivity contribution >= 4 is 49.0 Å². The summed E-state index contributed by atoms with van der Waals surface area (Å²) in [5.74, 6) is 0.149. The second-order valence-electron chi connectivity index (χ2n) is 7.57. The van der Waals surface area contributed by atoms with Gasteiger partial charge in [0.2, 0.25) is 19.4 Å². The number of carbonyl (C=O) groups excluding carboxylic acids is 1. The molecule has 0 atom stereocenters. The smallest absolute Gasteiger partial charge is 0.283 e. The number of ether oxygens (including phenoxy) is 2. The van der Waals surface area contributed by atoms with Crippen LogP contribution in [0.25, 0.3) is 6.08 Å². The van der Waals surface area contributed by atoms with E-state index in [-0.39, 0.29) is 21.0 Å². The second kappa shape index (κ2) is 9.43. The molecule has 1 N–H and O–H groups in total. The van der Waals surface area contributed by atoms with Gasteiger partial charge in [0.05, 0.1) is 12.2 Å². The maximum Gasteiger partial charge on any atom is 0.283 e. The molecule has 2 aliphatic rings. The molecular weight excluding hydrogens is 476 g/mol. The van der Waals surface area contributed by atoms with Gasteiger partial charge in [0.15, 0.2) is 17.3 Å². The molecule has 0 unspecified atom stereocenters. The lowest BCUT2D eigenvalue weighted by atomic mass is 10.1. The van der Waals surface area contributed by atoms with E-state index in [1.165, 1.54) is 11.6 Å². The molecule has 11 heteroatoms. The zero-order chi connectivity index (χ0) is 24.5. The lowest BCUT2D eigenvalue weighted by molar-refractivity contribution is -0.114. The number of benzene rings is 2. The molecule has 4 rings (SSSR count). The van der Waals surface area contributed by atoms with Crippen molar-refractivity contribution in [3.05, 3.63) is 64.7 Å². The number of hydrogen-bond donors (Lipinski definition) is 1. The fraction of sp³-hybridized carbons (Fsp3) is 0.217. The van der Waals surface area contributed by atoms with E-state index in [0.29, 0.717) is 30.3 Å². The Morgan fingerprint density at radius 3 is 2.53 bits per heavy atom. The van der Waals surface area contributed by atoms with E-state index in [2.05, 4.69) is 10.1 Å². The molecule has 34 heavy (non-hydrogen) atoms. The summed E-state index contributed by atoms with van der Waals surface area (Å²) in [6.07, 6.45) is 2.51. The molecule has 0 fully saturated rings. The van der Waals surface area contributed by atoms with Crippen LogP contribution in [0.15, 0.2) is 58.1 Å². The van der Waals surface area contributed by atoms with E-state index >= 15 is 0 Å². The lowest BCUT2D eigenvalue weighted by Crippen LogP contribution is -2.35. The minimum atomic E-state index is -3.59. The van der Waals surface area contributed by atoms with Crippen molar-refractivity contribution in [3.63, 3.8) is 0 Å². The van der Waals surface area contributed by atoms with E-state index in [9.17, 15) is 13.2 Å². The SMILES string of the molecule is CCOc1cc(/C=C2/C(=N)N3N=C(S(C)(=O)=O)SC3=NC2=O)ccc1OCc1ccc(C)cc1. The molecule has 0 spiro atoms. The molecule has 0 saturated heterocycles. The van der Waals surface area contributed by atoms with Crippen molar-refractivity contribution in [1.82, 2.24) is 5.01 Å². The summed E-state index contributed by atoms with van der Waals surface area (Å²) in [4.78, 5) is 16.5. The number of aliphatic imine (C=N–C) groups is 1.